The van der Waals surface area contributed by atoms with Gasteiger partial charge in [-0.3, -0.25) is 9.20 Å². The maximum Gasteiger partial charge on any atom is 0.390 e. The minimum absolute atomic E-state index is 0.0834. The molecule has 4 aromatic rings. The lowest BCUT2D eigenvalue weighted by Crippen LogP contribution is -2.26. The van der Waals surface area contributed by atoms with Crippen LogP contribution in [-0.2, 0) is 0 Å². The van der Waals surface area contributed by atoms with Gasteiger partial charge in [-0.05, 0) is 49.6 Å². The molecule has 11 heteroatoms. The minimum Gasteiger partial charge on any atom is -0.497 e. The van der Waals surface area contributed by atoms with Crippen molar-refractivity contribution in [3.05, 3.63) is 71.8 Å². The summed E-state index contributed by atoms with van der Waals surface area (Å²) in [5, 5.41) is 5.75. The molecule has 1 aliphatic rings. The summed E-state index contributed by atoms with van der Waals surface area (Å²) in [6.07, 6.45) is -0.256. The van der Waals surface area contributed by atoms with E-state index >= 15 is 0 Å². The van der Waals surface area contributed by atoms with Crippen molar-refractivity contribution < 1.29 is 31.8 Å². The monoisotopic (exact) mass is 542 g/mol. The number of fused-ring (bicyclic) bond motifs is 1. The van der Waals surface area contributed by atoms with Crippen molar-refractivity contribution in [1.82, 2.24) is 14.7 Å². The Morgan fingerprint density at radius 3 is 2.59 bits per heavy atom. The van der Waals surface area contributed by atoms with Gasteiger partial charge in [-0.2, -0.15) is 13.2 Å². The third kappa shape index (κ3) is 6.08. The number of hydrogen-bond donors (Lipinski definition) is 2. The molecule has 0 radical (unpaired) electrons. The Bertz CT molecular complexity index is 1530. The van der Waals surface area contributed by atoms with E-state index in [-0.39, 0.29) is 35.7 Å². The van der Waals surface area contributed by atoms with Crippen molar-refractivity contribution in [2.45, 2.75) is 38.4 Å². The first-order chi connectivity index (χ1) is 18.6. The lowest BCUT2D eigenvalue weighted by molar-refractivity contribution is -0.131. The smallest absolute Gasteiger partial charge is 0.390 e. The zero-order valence-electron chi connectivity index (χ0n) is 21.2. The maximum atomic E-state index is 14.6. The van der Waals surface area contributed by atoms with Crippen LogP contribution in [0.5, 0.6) is 17.2 Å². The minimum atomic E-state index is -4.34. The zero-order chi connectivity index (χ0) is 27.7. The number of pyridine rings is 1. The molecule has 204 valence electrons. The molecule has 39 heavy (non-hydrogen) atoms. The third-order valence-corrected chi connectivity index (χ3v) is 6.35. The van der Waals surface area contributed by atoms with E-state index in [1.165, 1.54) is 31.4 Å². The van der Waals surface area contributed by atoms with E-state index in [0.29, 0.717) is 22.7 Å². The van der Waals surface area contributed by atoms with Crippen molar-refractivity contribution >= 4 is 17.2 Å². The van der Waals surface area contributed by atoms with Gasteiger partial charge < -0.3 is 20.1 Å². The summed E-state index contributed by atoms with van der Waals surface area (Å²) in [7, 11) is 1.41. The van der Waals surface area contributed by atoms with Crippen LogP contribution in [0.2, 0.25) is 0 Å². The number of nitrogens with one attached hydrogen (secondary N) is 2. The Labute approximate surface area is 221 Å². The van der Waals surface area contributed by atoms with Crippen molar-refractivity contribution in [2.75, 3.05) is 19.0 Å². The summed E-state index contributed by atoms with van der Waals surface area (Å²) >= 11 is 0. The van der Waals surface area contributed by atoms with Crippen LogP contribution in [-0.4, -0.2) is 41.2 Å². The number of amides is 1. The van der Waals surface area contributed by atoms with Crippen LogP contribution >= 0.6 is 0 Å². The molecule has 1 fully saturated rings. The number of hydrogen-bond acceptors (Lipinski definition) is 5. The Hall–Kier alpha value is -4.28. The van der Waals surface area contributed by atoms with Crippen molar-refractivity contribution in [2.24, 2.45) is 0 Å². The van der Waals surface area contributed by atoms with Gasteiger partial charge in [-0.15, -0.1) is 0 Å². The molecular weight excluding hydrogens is 516 g/mol. The van der Waals surface area contributed by atoms with E-state index in [9.17, 15) is 22.4 Å². The molecule has 0 spiro atoms. The number of methoxy groups -OCH3 is 1. The lowest BCUT2D eigenvalue weighted by atomic mass is 10.0. The number of benzene rings is 2. The van der Waals surface area contributed by atoms with Crippen molar-refractivity contribution in [3.63, 3.8) is 0 Å². The summed E-state index contributed by atoms with van der Waals surface area (Å²) in [6.45, 7) is 1.45. The topological polar surface area (TPSA) is 76.9 Å². The highest BCUT2D eigenvalue weighted by atomic mass is 19.4. The number of alkyl halides is 3. The van der Waals surface area contributed by atoms with Crippen LogP contribution in [0.1, 0.15) is 35.2 Å². The van der Waals surface area contributed by atoms with Gasteiger partial charge in [0.1, 0.15) is 11.5 Å². The second kappa shape index (κ2) is 10.5. The quantitative estimate of drug-likeness (QED) is 0.236. The van der Waals surface area contributed by atoms with Gasteiger partial charge >= 0.3 is 6.18 Å². The lowest BCUT2D eigenvalue weighted by Gasteiger charge is -2.14. The molecule has 2 heterocycles. The van der Waals surface area contributed by atoms with E-state index in [1.54, 1.807) is 28.9 Å². The largest absolute Gasteiger partial charge is 0.497 e. The van der Waals surface area contributed by atoms with Gasteiger partial charge in [0.2, 0.25) is 0 Å². The second-order valence-electron chi connectivity index (χ2n) is 9.39. The molecular formula is C28H26F4N4O3. The first kappa shape index (κ1) is 26.3. The molecule has 0 aliphatic heterocycles. The molecule has 7 nitrogen and oxygen atoms in total. The number of rotatable bonds is 9. The summed E-state index contributed by atoms with van der Waals surface area (Å²) in [4.78, 5) is 17.0. The highest BCUT2D eigenvalue weighted by molar-refractivity contribution is 5.96. The number of carbonyl (C=O) groups excluding carboxylic acids is 1. The van der Waals surface area contributed by atoms with E-state index in [4.69, 9.17) is 9.47 Å². The molecule has 2 aromatic heterocycles. The highest BCUT2D eigenvalue weighted by Gasteiger charge is 2.27. The number of imidazole rings is 1. The average molecular weight is 543 g/mol. The number of nitrogens with zero attached hydrogens (tertiary/aromatic N) is 2. The average Bonchev–Trinajstić information content (AvgIpc) is 3.59. The summed E-state index contributed by atoms with van der Waals surface area (Å²) in [6, 6.07) is 11.2. The van der Waals surface area contributed by atoms with Gasteiger partial charge in [-0.1, -0.05) is 6.07 Å². The molecule has 2 aromatic carbocycles. The fourth-order valence-electron chi connectivity index (χ4n) is 4.19. The number of aryl methyl sites for hydroxylation is 1. The maximum absolute atomic E-state index is 14.6. The number of ether oxygens (including phenoxy) is 2. The highest BCUT2D eigenvalue weighted by Crippen LogP contribution is 2.34. The van der Waals surface area contributed by atoms with Crippen LogP contribution in [0.25, 0.3) is 16.9 Å². The van der Waals surface area contributed by atoms with E-state index in [2.05, 4.69) is 15.6 Å². The van der Waals surface area contributed by atoms with Crippen molar-refractivity contribution in [3.8, 4) is 28.5 Å². The molecule has 0 unspecified atom stereocenters. The first-order valence-electron chi connectivity index (χ1n) is 12.4. The summed E-state index contributed by atoms with van der Waals surface area (Å²) < 4.78 is 65.5. The van der Waals surface area contributed by atoms with Gasteiger partial charge in [0, 0.05) is 35.8 Å². The fraction of sp³-hybridized carbons (Fsp3) is 0.286. The Balaban J connectivity index is 1.51. The number of halogens is 4. The normalized spacial score (nSPS) is 13.4. The van der Waals surface area contributed by atoms with Gasteiger partial charge in [0.05, 0.1) is 37.3 Å². The Morgan fingerprint density at radius 1 is 1.13 bits per heavy atom. The molecule has 5 rings (SSSR count). The van der Waals surface area contributed by atoms with Crippen LogP contribution in [0.15, 0.2) is 54.9 Å². The molecule has 2 N–H and O–H groups in total. The van der Waals surface area contributed by atoms with E-state index in [1.807, 2.05) is 13.0 Å². The Kier molecular flexibility index (Phi) is 7.07. The predicted octanol–water partition coefficient (Wildman–Crippen LogP) is 6.51. The fourth-order valence-corrected chi connectivity index (χ4v) is 4.19. The van der Waals surface area contributed by atoms with Crippen LogP contribution in [0, 0.1) is 12.7 Å². The van der Waals surface area contributed by atoms with Gasteiger partial charge in [0.25, 0.3) is 5.91 Å². The first-order valence-corrected chi connectivity index (χ1v) is 12.4. The summed E-state index contributed by atoms with van der Waals surface area (Å²) in [5.41, 5.74) is 3.32. The molecule has 0 bridgehead atoms. The third-order valence-electron chi connectivity index (χ3n) is 6.35. The van der Waals surface area contributed by atoms with Crippen LogP contribution in [0.3, 0.4) is 0 Å². The van der Waals surface area contributed by atoms with Crippen LogP contribution < -0.4 is 20.1 Å². The molecule has 1 aliphatic carbocycles. The standard InChI is InChI=1S/C28H26F4N4O3/c1-16-11-17(3-7-21(16)27(37)35-18-4-5-18)24-14-34-26-23(33-10-9-28(30,31)32)13-20(15-36(24)26)39-25-8-6-19(38-2)12-22(25)29/h3,6-8,11-15,18,33H,4-5,9-10H2,1-2H3,(H,35,37). The van der Waals surface area contributed by atoms with Gasteiger partial charge in [-0.25, -0.2) is 9.37 Å². The van der Waals surface area contributed by atoms with E-state index < -0.39 is 18.4 Å². The van der Waals surface area contributed by atoms with Crippen LogP contribution in [0.4, 0.5) is 23.2 Å². The molecule has 0 saturated heterocycles. The molecule has 0 atom stereocenters. The number of carbonyl (C=O) groups is 1. The number of anilines is 1. The zero-order valence-corrected chi connectivity index (χ0v) is 21.2. The Morgan fingerprint density at radius 2 is 1.92 bits per heavy atom. The molecule has 1 saturated carbocycles. The number of aromatic nitrogens is 2. The van der Waals surface area contributed by atoms with Crippen molar-refractivity contribution in [1.29, 1.82) is 0 Å². The predicted molar refractivity (Wildman–Crippen MR) is 138 cm³/mol. The van der Waals surface area contributed by atoms with E-state index in [0.717, 1.165) is 24.0 Å². The summed E-state index contributed by atoms with van der Waals surface area (Å²) in [5.74, 6) is -0.389. The SMILES string of the molecule is COc1ccc(Oc2cc(NCCC(F)(F)F)c3ncc(-c4ccc(C(=O)NC5CC5)c(C)c4)n3c2)c(F)c1. The molecule has 1 amide bonds. The van der Waals surface area contributed by atoms with Gasteiger partial charge in [0.15, 0.2) is 17.2 Å². The second-order valence-corrected chi connectivity index (χ2v) is 9.39.